The van der Waals surface area contributed by atoms with Crippen LogP contribution < -0.4 is 10.1 Å². The van der Waals surface area contributed by atoms with Crippen molar-refractivity contribution in [1.82, 2.24) is 15.1 Å². The molecular weight excluding hydrogens is 369 g/mol. The molecule has 1 atom stereocenters. The maximum absolute atomic E-state index is 13.5. The molecule has 2 aromatic carbocycles. The van der Waals surface area contributed by atoms with Gasteiger partial charge in [0, 0.05) is 23.8 Å². The Balaban J connectivity index is 1.76. The number of aromatic hydroxyl groups is 1. The Morgan fingerprint density at radius 3 is 2.81 bits per heavy atom. The number of benzene rings is 2. The van der Waals surface area contributed by atoms with Crippen LogP contribution in [0.2, 0.25) is 5.02 Å². The first-order chi connectivity index (χ1) is 12.9. The van der Waals surface area contributed by atoms with Crippen LogP contribution in [0.4, 0.5) is 4.39 Å². The van der Waals surface area contributed by atoms with Gasteiger partial charge >= 0.3 is 0 Å². The van der Waals surface area contributed by atoms with Crippen LogP contribution in [0.15, 0.2) is 42.6 Å². The molecule has 3 rings (SSSR count). The highest BCUT2D eigenvalue weighted by Crippen LogP contribution is 2.35. The van der Waals surface area contributed by atoms with E-state index in [0.29, 0.717) is 18.0 Å². The molecule has 1 unspecified atom stereocenters. The summed E-state index contributed by atoms with van der Waals surface area (Å²) in [4.78, 5) is 0. The van der Waals surface area contributed by atoms with Gasteiger partial charge in [0.15, 0.2) is 11.5 Å². The first-order valence-electron chi connectivity index (χ1n) is 8.50. The minimum absolute atomic E-state index is 0.00545. The molecule has 0 saturated carbocycles. The molecule has 1 aromatic heterocycles. The predicted octanol–water partition coefficient (Wildman–Crippen LogP) is 4.54. The summed E-state index contributed by atoms with van der Waals surface area (Å²) >= 11 is 6.04. The van der Waals surface area contributed by atoms with Crippen molar-refractivity contribution in [1.29, 1.82) is 0 Å². The van der Waals surface area contributed by atoms with E-state index in [1.807, 2.05) is 19.9 Å². The number of hydrogen-bond donors (Lipinski definition) is 2. The quantitative estimate of drug-likeness (QED) is 0.650. The minimum atomic E-state index is -0.298. The third-order valence-corrected chi connectivity index (χ3v) is 4.78. The van der Waals surface area contributed by atoms with Crippen LogP contribution in [0.1, 0.15) is 29.8 Å². The van der Waals surface area contributed by atoms with E-state index in [2.05, 4.69) is 10.4 Å². The summed E-state index contributed by atoms with van der Waals surface area (Å²) in [5.74, 6) is -0.0292. The zero-order valence-electron chi connectivity index (χ0n) is 15.3. The number of methoxy groups -OCH3 is 1. The summed E-state index contributed by atoms with van der Waals surface area (Å²) in [5.41, 5.74) is 3.51. The van der Waals surface area contributed by atoms with Crippen molar-refractivity contribution in [3.05, 3.63) is 70.3 Å². The van der Waals surface area contributed by atoms with Gasteiger partial charge in [-0.05, 0) is 49.7 Å². The Labute approximate surface area is 162 Å². The number of hydrogen-bond acceptors (Lipinski definition) is 4. The minimum Gasteiger partial charge on any atom is -0.503 e. The summed E-state index contributed by atoms with van der Waals surface area (Å²) in [6.45, 7) is 4.51. The zero-order valence-corrected chi connectivity index (χ0v) is 16.1. The van der Waals surface area contributed by atoms with Gasteiger partial charge in [-0.15, -0.1) is 0 Å². The third kappa shape index (κ3) is 4.07. The van der Waals surface area contributed by atoms with Crippen molar-refractivity contribution >= 4 is 11.6 Å². The van der Waals surface area contributed by atoms with Crippen LogP contribution in [-0.4, -0.2) is 22.0 Å². The molecule has 1 heterocycles. The Morgan fingerprint density at radius 2 is 2.11 bits per heavy atom. The molecule has 0 bridgehead atoms. The second kappa shape index (κ2) is 7.98. The molecule has 0 spiro atoms. The second-order valence-corrected chi connectivity index (χ2v) is 6.72. The molecule has 0 saturated heterocycles. The molecule has 0 aliphatic carbocycles. The number of nitrogens with one attached hydrogen (secondary N) is 1. The van der Waals surface area contributed by atoms with Gasteiger partial charge in [0.25, 0.3) is 0 Å². The molecule has 7 heteroatoms. The maximum Gasteiger partial charge on any atom is 0.176 e. The Hall–Kier alpha value is -2.57. The van der Waals surface area contributed by atoms with Gasteiger partial charge in [-0.2, -0.15) is 5.10 Å². The molecule has 27 heavy (non-hydrogen) atoms. The van der Waals surface area contributed by atoms with Crippen molar-refractivity contribution in [2.45, 2.75) is 26.4 Å². The fraction of sp³-hybridized carbons (Fsp3) is 0.250. The van der Waals surface area contributed by atoms with Crippen LogP contribution >= 0.6 is 11.6 Å². The first kappa shape index (κ1) is 19.2. The van der Waals surface area contributed by atoms with Crippen LogP contribution in [0.25, 0.3) is 5.69 Å². The van der Waals surface area contributed by atoms with Crippen LogP contribution in [0, 0.1) is 12.7 Å². The van der Waals surface area contributed by atoms with Crippen molar-refractivity contribution in [3.8, 4) is 17.2 Å². The average Bonchev–Trinajstić information content (AvgIpc) is 3.03. The normalized spacial score (nSPS) is 12.2. The van der Waals surface area contributed by atoms with Gasteiger partial charge < -0.3 is 15.2 Å². The van der Waals surface area contributed by atoms with E-state index in [1.54, 1.807) is 29.1 Å². The van der Waals surface area contributed by atoms with Gasteiger partial charge in [0.05, 0.1) is 24.0 Å². The lowest BCUT2D eigenvalue weighted by Gasteiger charge is -2.15. The molecule has 5 nitrogen and oxygen atoms in total. The predicted molar refractivity (Wildman–Crippen MR) is 103 cm³/mol. The Bertz CT molecular complexity index is 958. The van der Waals surface area contributed by atoms with Crippen LogP contribution in [0.3, 0.4) is 0 Å². The highest BCUT2D eigenvalue weighted by molar-refractivity contribution is 6.32. The first-order valence-corrected chi connectivity index (χ1v) is 8.87. The Kier molecular flexibility index (Phi) is 5.68. The average molecular weight is 390 g/mol. The standard InChI is InChI=1S/C20H21ClFN3O2/c1-12(23-10-14-7-18(21)20(26)19(8-14)27-3)17-11-24-25(13(17)2)16-6-4-5-15(22)9-16/h4-9,11-12,23,26H,10H2,1-3H3. The fourth-order valence-corrected chi connectivity index (χ4v) is 3.21. The molecule has 0 aliphatic heterocycles. The summed E-state index contributed by atoms with van der Waals surface area (Å²) in [6.07, 6.45) is 1.78. The van der Waals surface area contributed by atoms with Crippen molar-refractivity contribution in [2.75, 3.05) is 7.11 Å². The van der Waals surface area contributed by atoms with Crippen LogP contribution in [0.5, 0.6) is 11.5 Å². The lowest BCUT2D eigenvalue weighted by atomic mass is 10.1. The highest BCUT2D eigenvalue weighted by atomic mass is 35.5. The number of rotatable bonds is 6. The van der Waals surface area contributed by atoms with Gasteiger partial charge in [0.1, 0.15) is 5.82 Å². The van der Waals surface area contributed by atoms with Crippen molar-refractivity contribution in [3.63, 3.8) is 0 Å². The van der Waals surface area contributed by atoms with Crippen molar-refractivity contribution in [2.24, 2.45) is 0 Å². The molecule has 0 aliphatic rings. The number of halogens is 2. The van der Waals surface area contributed by atoms with E-state index in [9.17, 15) is 9.50 Å². The maximum atomic E-state index is 13.5. The molecular formula is C20H21ClFN3O2. The van der Waals surface area contributed by atoms with E-state index >= 15 is 0 Å². The number of ether oxygens (including phenoxy) is 1. The highest BCUT2D eigenvalue weighted by Gasteiger charge is 2.15. The molecule has 2 N–H and O–H groups in total. The number of nitrogens with zero attached hydrogens (tertiary/aromatic N) is 2. The lowest BCUT2D eigenvalue weighted by Crippen LogP contribution is -2.18. The number of aromatic nitrogens is 2. The molecule has 0 radical (unpaired) electrons. The van der Waals surface area contributed by atoms with E-state index < -0.39 is 0 Å². The topological polar surface area (TPSA) is 59.3 Å². The molecule has 0 fully saturated rings. The van der Waals surface area contributed by atoms with Gasteiger partial charge in [-0.25, -0.2) is 9.07 Å². The molecule has 0 amide bonds. The lowest BCUT2D eigenvalue weighted by molar-refractivity contribution is 0.373. The summed E-state index contributed by atoms with van der Waals surface area (Å²) < 4.78 is 20.3. The van der Waals surface area contributed by atoms with E-state index in [1.165, 1.54) is 19.2 Å². The van der Waals surface area contributed by atoms with E-state index in [-0.39, 0.29) is 22.6 Å². The monoisotopic (exact) mass is 389 g/mol. The SMILES string of the molecule is COc1cc(CNC(C)c2cnn(-c3cccc(F)c3)c2C)cc(Cl)c1O. The summed E-state index contributed by atoms with van der Waals surface area (Å²) in [7, 11) is 1.48. The van der Waals surface area contributed by atoms with E-state index in [0.717, 1.165) is 16.8 Å². The Morgan fingerprint density at radius 1 is 1.33 bits per heavy atom. The number of phenols is 1. The summed E-state index contributed by atoms with van der Waals surface area (Å²) in [6, 6.07) is 9.78. The molecule has 142 valence electrons. The van der Waals surface area contributed by atoms with Gasteiger partial charge in [0.2, 0.25) is 0 Å². The second-order valence-electron chi connectivity index (χ2n) is 6.31. The van der Waals surface area contributed by atoms with Gasteiger partial charge in [-0.1, -0.05) is 17.7 Å². The van der Waals surface area contributed by atoms with E-state index in [4.69, 9.17) is 16.3 Å². The fourth-order valence-electron chi connectivity index (χ4n) is 2.98. The largest absolute Gasteiger partial charge is 0.503 e. The van der Waals surface area contributed by atoms with Crippen molar-refractivity contribution < 1.29 is 14.2 Å². The zero-order chi connectivity index (χ0) is 19.6. The smallest absolute Gasteiger partial charge is 0.176 e. The molecule has 3 aromatic rings. The summed E-state index contributed by atoms with van der Waals surface area (Å²) in [5, 5.41) is 17.9. The third-order valence-electron chi connectivity index (χ3n) is 4.49. The van der Waals surface area contributed by atoms with Gasteiger partial charge in [-0.3, -0.25) is 0 Å². The van der Waals surface area contributed by atoms with Crippen LogP contribution in [-0.2, 0) is 6.54 Å². The number of phenolic OH excluding ortho intramolecular Hbond substituents is 1.